The molecule has 0 radical (unpaired) electrons. The molecule has 200 valence electrons. The first kappa shape index (κ1) is 27.1. The van der Waals surface area contributed by atoms with Crippen molar-refractivity contribution < 1.29 is 19.4 Å². The topological polar surface area (TPSA) is 113 Å². The lowest BCUT2D eigenvalue weighted by Crippen LogP contribution is -2.44. The molecular weight excluding hydrogens is 480 g/mol. The van der Waals surface area contributed by atoms with E-state index >= 15 is 0 Å². The summed E-state index contributed by atoms with van der Waals surface area (Å²) in [5.74, 6) is -0.260. The molecule has 2 aromatic carbocycles. The van der Waals surface area contributed by atoms with E-state index in [9.17, 15) is 14.7 Å². The van der Waals surface area contributed by atoms with E-state index in [1.54, 1.807) is 20.8 Å². The summed E-state index contributed by atoms with van der Waals surface area (Å²) in [7, 11) is 0. The molecule has 1 atom stereocenters. The molecule has 0 spiro atoms. The number of aliphatic carboxylic acids is 1. The van der Waals surface area contributed by atoms with Crippen LogP contribution >= 0.6 is 0 Å². The monoisotopic (exact) mass is 516 g/mol. The Labute approximate surface area is 223 Å². The highest BCUT2D eigenvalue weighted by Crippen LogP contribution is 2.33. The number of carboxylic acid groups (broad SMARTS) is 1. The number of hydrogen-bond donors (Lipinski definition) is 3. The number of anilines is 1. The average Bonchev–Trinajstić information content (AvgIpc) is 2.89. The maximum Gasteiger partial charge on any atom is 0.408 e. The highest BCUT2D eigenvalue weighted by Gasteiger charge is 2.29. The van der Waals surface area contributed by atoms with Crippen LogP contribution in [0.25, 0.3) is 22.4 Å². The van der Waals surface area contributed by atoms with E-state index in [-0.39, 0.29) is 12.0 Å². The zero-order valence-corrected chi connectivity index (χ0v) is 22.2. The van der Waals surface area contributed by atoms with Gasteiger partial charge in [0.15, 0.2) is 0 Å². The molecule has 3 N–H and O–H groups in total. The van der Waals surface area contributed by atoms with Crippen LogP contribution < -0.4 is 10.6 Å². The molecule has 0 saturated heterocycles. The summed E-state index contributed by atoms with van der Waals surface area (Å²) in [6, 6.07) is 19.4. The third-order valence-electron chi connectivity index (χ3n) is 6.66. The SMILES string of the molecule is CC(C)(C)OC(=O)N[C@@H](CC1CCC(Nc2ncc(-c3ccccc3)c(-c3ccccc3)n2)CC1)C(=O)O. The predicted molar refractivity (Wildman–Crippen MR) is 148 cm³/mol. The highest BCUT2D eigenvalue weighted by atomic mass is 16.6. The third kappa shape index (κ3) is 7.54. The van der Waals surface area contributed by atoms with Crippen molar-refractivity contribution in [2.75, 3.05) is 5.32 Å². The Morgan fingerprint density at radius 3 is 2.16 bits per heavy atom. The molecular formula is C30H36N4O4. The summed E-state index contributed by atoms with van der Waals surface area (Å²) >= 11 is 0. The Hall–Kier alpha value is -3.94. The number of carboxylic acids is 1. The lowest BCUT2D eigenvalue weighted by atomic mass is 9.82. The molecule has 1 fully saturated rings. The van der Waals surface area contributed by atoms with Gasteiger partial charge < -0.3 is 20.5 Å². The molecule has 1 heterocycles. The van der Waals surface area contributed by atoms with Gasteiger partial charge in [-0.1, -0.05) is 60.7 Å². The van der Waals surface area contributed by atoms with Crippen molar-refractivity contribution in [3.8, 4) is 22.4 Å². The Morgan fingerprint density at radius 2 is 1.58 bits per heavy atom. The Balaban J connectivity index is 1.39. The minimum atomic E-state index is -1.04. The van der Waals surface area contributed by atoms with Crippen LogP contribution in [0.2, 0.25) is 0 Å². The fourth-order valence-corrected chi connectivity index (χ4v) is 4.83. The van der Waals surface area contributed by atoms with Gasteiger partial charge in [-0.2, -0.15) is 0 Å². The Kier molecular flexibility index (Phi) is 8.61. The molecule has 1 saturated carbocycles. The van der Waals surface area contributed by atoms with E-state index in [4.69, 9.17) is 9.72 Å². The second-order valence-corrected chi connectivity index (χ2v) is 10.8. The first-order valence-corrected chi connectivity index (χ1v) is 13.1. The molecule has 1 amide bonds. The van der Waals surface area contributed by atoms with Crippen molar-refractivity contribution in [1.29, 1.82) is 0 Å². The van der Waals surface area contributed by atoms with Crippen LogP contribution in [0.5, 0.6) is 0 Å². The van der Waals surface area contributed by atoms with E-state index in [0.717, 1.165) is 48.1 Å². The van der Waals surface area contributed by atoms with Crippen molar-refractivity contribution in [3.05, 3.63) is 66.9 Å². The van der Waals surface area contributed by atoms with Gasteiger partial charge in [-0.15, -0.1) is 0 Å². The minimum Gasteiger partial charge on any atom is -0.480 e. The first-order valence-electron chi connectivity index (χ1n) is 13.1. The van der Waals surface area contributed by atoms with Gasteiger partial charge in [0.05, 0.1) is 5.69 Å². The van der Waals surface area contributed by atoms with Gasteiger partial charge in [0.1, 0.15) is 11.6 Å². The maximum absolute atomic E-state index is 12.1. The zero-order chi connectivity index (χ0) is 27.1. The summed E-state index contributed by atoms with van der Waals surface area (Å²) in [6.45, 7) is 5.25. The largest absolute Gasteiger partial charge is 0.480 e. The van der Waals surface area contributed by atoms with E-state index < -0.39 is 23.7 Å². The molecule has 38 heavy (non-hydrogen) atoms. The lowest BCUT2D eigenvalue weighted by molar-refractivity contribution is -0.140. The molecule has 8 nitrogen and oxygen atoms in total. The number of rotatable bonds is 8. The van der Waals surface area contributed by atoms with Gasteiger partial charge in [-0.3, -0.25) is 0 Å². The molecule has 1 aliphatic carbocycles. The minimum absolute atomic E-state index is 0.194. The van der Waals surface area contributed by atoms with Crippen LogP contribution in [0.15, 0.2) is 66.9 Å². The van der Waals surface area contributed by atoms with Crippen LogP contribution in [0.1, 0.15) is 52.9 Å². The van der Waals surface area contributed by atoms with Gasteiger partial charge in [-0.25, -0.2) is 19.6 Å². The number of hydrogen-bond acceptors (Lipinski definition) is 6. The van der Waals surface area contributed by atoms with Crippen LogP contribution in [0.3, 0.4) is 0 Å². The van der Waals surface area contributed by atoms with Crippen LogP contribution in [0.4, 0.5) is 10.7 Å². The summed E-state index contributed by atoms with van der Waals surface area (Å²) in [5.41, 5.74) is 3.26. The predicted octanol–water partition coefficient (Wildman–Crippen LogP) is 6.15. The number of alkyl carbamates (subject to hydrolysis) is 1. The second-order valence-electron chi connectivity index (χ2n) is 10.8. The molecule has 4 rings (SSSR count). The van der Waals surface area contributed by atoms with Gasteiger partial charge in [0.2, 0.25) is 5.95 Å². The molecule has 0 unspecified atom stereocenters. The molecule has 8 heteroatoms. The first-order chi connectivity index (χ1) is 18.2. The summed E-state index contributed by atoms with van der Waals surface area (Å²) < 4.78 is 5.23. The van der Waals surface area contributed by atoms with E-state index in [2.05, 4.69) is 27.8 Å². The molecule has 1 aromatic heterocycles. The summed E-state index contributed by atoms with van der Waals surface area (Å²) in [5, 5.41) is 15.6. The van der Waals surface area contributed by atoms with Gasteiger partial charge in [0, 0.05) is 23.4 Å². The van der Waals surface area contributed by atoms with E-state index in [1.165, 1.54) is 0 Å². The van der Waals surface area contributed by atoms with Gasteiger partial charge in [0.25, 0.3) is 0 Å². The van der Waals surface area contributed by atoms with Crippen molar-refractivity contribution in [1.82, 2.24) is 15.3 Å². The lowest BCUT2D eigenvalue weighted by Gasteiger charge is -2.31. The number of carbonyl (C=O) groups excluding carboxylic acids is 1. The van der Waals surface area contributed by atoms with E-state index in [1.807, 2.05) is 54.7 Å². The number of benzene rings is 2. The normalized spacial score (nSPS) is 18.3. The molecule has 1 aliphatic rings. The van der Waals surface area contributed by atoms with Crippen molar-refractivity contribution in [2.24, 2.45) is 5.92 Å². The Morgan fingerprint density at radius 1 is 0.974 bits per heavy atom. The number of nitrogens with one attached hydrogen (secondary N) is 2. The third-order valence-corrected chi connectivity index (χ3v) is 6.66. The number of ether oxygens (including phenoxy) is 1. The quantitative estimate of drug-likeness (QED) is 0.329. The van der Waals surface area contributed by atoms with Gasteiger partial charge in [-0.05, 0) is 64.4 Å². The summed E-state index contributed by atoms with van der Waals surface area (Å²) in [6.07, 6.45) is 4.99. The Bertz CT molecular complexity index is 1220. The fourth-order valence-electron chi connectivity index (χ4n) is 4.83. The number of nitrogens with zero attached hydrogens (tertiary/aromatic N) is 2. The second kappa shape index (κ2) is 12.1. The number of amides is 1. The van der Waals surface area contributed by atoms with Crippen molar-refractivity contribution in [3.63, 3.8) is 0 Å². The standard InChI is InChI=1S/C30H36N4O4/c1-30(2,3)38-29(37)33-25(27(35)36)18-20-14-16-23(17-15-20)32-28-31-19-24(21-10-6-4-7-11-21)26(34-28)22-12-8-5-9-13-22/h4-13,19-20,23,25H,14-18H2,1-3H3,(H,33,37)(H,35,36)(H,31,32,34)/t20?,23?,25-/m0/s1. The molecule has 0 bridgehead atoms. The summed E-state index contributed by atoms with van der Waals surface area (Å²) in [4.78, 5) is 33.4. The average molecular weight is 517 g/mol. The zero-order valence-electron chi connectivity index (χ0n) is 22.2. The fraction of sp³-hybridized carbons (Fsp3) is 0.400. The smallest absolute Gasteiger partial charge is 0.408 e. The van der Waals surface area contributed by atoms with E-state index in [0.29, 0.717) is 12.4 Å². The van der Waals surface area contributed by atoms with Crippen LogP contribution in [-0.4, -0.2) is 44.8 Å². The highest BCUT2D eigenvalue weighted by molar-refractivity contribution is 5.81. The maximum atomic E-state index is 12.1. The van der Waals surface area contributed by atoms with Crippen LogP contribution in [-0.2, 0) is 9.53 Å². The van der Waals surface area contributed by atoms with Gasteiger partial charge >= 0.3 is 12.1 Å². The van der Waals surface area contributed by atoms with Crippen molar-refractivity contribution in [2.45, 2.75) is 70.6 Å². The van der Waals surface area contributed by atoms with Crippen LogP contribution in [0, 0.1) is 5.92 Å². The number of carbonyl (C=O) groups is 2. The number of aromatic nitrogens is 2. The molecule has 3 aromatic rings. The van der Waals surface area contributed by atoms with Crippen molar-refractivity contribution >= 4 is 18.0 Å². The molecule has 0 aliphatic heterocycles.